The molecular weight excluding hydrogens is 304 g/mol. The van der Waals surface area contributed by atoms with Crippen molar-refractivity contribution in [2.24, 2.45) is 7.05 Å². The highest BCUT2D eigenvalue weighted by atomic mass is 16.6. The first kappa shape index (κ1) is 16.3. The number of nitrogens with zero attached hydrogens (tertiary/aromatic N) is 3. The molecule has 0 fully saturated rings. The molecule has 0 saturated heterocycles. The molecule has 23 heavy (non-hydrogen) atoms. The lowest BCUT2D eigenvalue weighted by Crippen LogP contribution is -2.23. The van der Waals surface area contributed by atoms with Gasteiger partial charge >= 0.3 is 11.8 Å². The number of ether oxygens (including phenoxy) is 1. The summed E-state index contributed by atoms with van der Waals surface area (Å²) in [5.74, 6) is 0.128. The van der Waals surface area contributed by atoms with Gasteiger partial charge in [-0.3, -0.25) is 14.8 Å². The summed E-state index contributed by atoms with van der Waals surface area (Å²) < 4.78 is 6.78. The molecule has 0 aliphatic carbocycles. The number of amides is 1. The van der Waals surface area contributed by atoms with Crippen molar-refractivity contribution in [2.45, 2.75) is 6.42 Å². The van der Waals surface area contributed by atoms with Gasteiger partial charge in [0.25, 0.3) is 0 Å². The minimum absolute atomic E-state index is 0.128. The summed E-state index contributed by atoms with van der Waals surface area (Å²) in [4.78, 5) is 21.3. The largest absolute Gasteiger partial charge is 0.490 e. The van der Waals surface area contributed by atoms with E-state index in [2.05, 4.69) is 10.4 Å². The molecule has 0 saturated carbocycles. The number of carbonyl (C=O) groups is 1. The molecule has 0 radical (unpaired) electrons. The second kappa shape index (κ2) is 6.77. The molecule has 0 aliphatic heterocycles. The zero-order valence-corrected chi connectivity index (χ0v) is 12.6. The molecule has 9 heteroatoms. The highest BCUT2D eigenvalue weighted by Crippen LogP contribution is 2.38. The van der Waals surface area contributed by atoms with E-state index in [4.69, 9.17) is 9.84 Å². The van der Waals surface area contributed by atoms with Crippen molar-refractivity contribution in [3.63, 3.8) is 0 Å². The van der Waals surface area contributed by atoms with Gasteiger partial charge in [-0.05, 0) is 24.1 Å². The van der Waals surface area contributed by atoms with E-state index in [0.717, 1.165) is 0 Å². The monoisotopic (exact) mass is 320 g/mol. The van der Waals surface area contributed by atoms with Crippen LogP contribution >= 0.6 is 0 Å². The van der Waals surface area contributed by atoms with Crippen molar-refractivity contribution in [1.29, 1.82) is 0 Å². The second-order valence-corrected chi connectivity index (χ2v) is 4.81. The van der Waals surface area contributed by atoms with Crippen LogP contribution in [0.3, 0.4) is 0 Å². The van der Waals surface area contributed by atoms with Crippen LogP contribution in [0.5, 0.6) is 5.75 Å². The predicted molar refractivity (Wildman–Crippen MR) is 81.6 cm³/mol. The third-order valence-electron chi connectivity index (χ3n) is 3.21. The number of aromatic nitrogens is 2. The third-order valence-corrected chi connectivity index (χ3v) is 3.21. The number of methoxy groups -OCH3 is 1. The van der Waals surface area contributed by atoms with Crippen molar-refractivity contribution >= 4 is 11.8 Å². The maximum absolute atomic E-state index is 11.3. The summed E-state index contributed by atoms with van der Waals surface area (Å²) in [6.45, 7) is 0.153. The Hall–Kier alpha value is -3.10. The number of aryl methyl sites for hydroxylation is 1. The van der Waals surface area contributed by atoms with Gasteiger partial charge < -0.3 is 15.2 Å². The molecular formula is C14H16N4O5. The number of nitro benzene ring substituents is 1. The van der Waals surface area contributed by atoms with E-state index in [9.17, 15) is 14.9 Å². The third kappa shape index (κ3) is 3.76. The molecule has 0 bridgehead atoms. The summed E-state index contributed by atoms with van der Waals surface area (Å²) in [6, 6.07) is 4.83. The zero-order valence-electron chi connectivity index (χ0n) is 12.6. The van der Waals surface area contributed by atoms with Gasteiger partial charge in [-0.2, -0.15) is 5.10 Å². The Kier molecular flexibility index (Phi) is 4.79. The highest BCUT2D eigenvalue weighted by molar-refractivity contribution is 5.74. The number of hydrogen-bond acceptors (Lipinski definition) is 5. The molecule has 2 rings (SSSR count). The lowest BCUT2D eigenvalue weighted by Gasteiger charge is -2.10. The summed E-state index contributed by atoms with van der Waals surface area (Å²) in [7, 11) is 3.10. The standard InChI is InChI=1S/C14H16N4O5/c1-17-6-4-11(16-17)10-7-9(3-5-15-14(19)20)8-12(18(21)22)13(10)23-2/h4,6-8,15H,3,5H2,1-2H3,(H,19,20). The SMILES string of the molecule is COc1c(-c2ccn(C)n2)cc(CCNC(=O)O)cc1[N+](=O)[O-]. The first-order valence-corrected chi connectivity index (χ1v) is 6.74. The number of nitrogens with one attached hydrogen (secondary N) is 1. The van der Waals surface area contributed by atoms with Crippen molar-refractivity contribution < 1.29 is 19.6 Å². The van der Waals surface area contributed by atoms with Gasteiger partial charge in [0.1, 0.15) is 0 Å². The van der Waals surface area contributed by atoms with E-state index in [1.54, 1.807) is 30.1 Å². The van der Waals surface area contributed by atoms with Crippen molar-refractivity contribution in [3.8, 4) is 17.0 Å². The minimum Gasteiger partial charge on any atom is -0.490 e. The molecule has 2 N–H and O–H groups in total. The van der Waals surface area contributed by atoms with Gasteiger partial charge in [0.05, 0.1) is 23.3 Å². The van der Waals surface area contributed by atoms with Gasteiger partial charge in [0, 0.05) is 25.9 Å². The van der Waals surface area contributed by atoms with Gasteiger partial charge in [-0.25, -0.2) is 4.79 Å². The van der Waals surface area contributed by atoms with Gasteiger partial charge in [-0.1, -0.05) is 0 Å². The van der Waals surface area contributed by atoms with Crippen LogP contribution in [0.15, 0.2) is 24.4 Å². The summed E-state index contributed by atoms with van der Waals surface area (Å²) in [5.41, 5.74) is 1.47. The molecule has 1 heterocycles. The lowest BCUT2D eigenvalue weighted by atomic mass is 10.0. The molecule has 1 amide bonds. The highest BCUT2D eigenvalue weighted by Gasteiger charge is 2.22. The predicted octanol–water partition coefficient (Wildman–Crippen LogP) is 1.81. The van der Waals surface area contributed by atoms with Crippen molar-refractivity contribution in [1.82, 2.24) is 15.1 Å². The Bertz CT molecular complexity index is 741. The fourth-order valence-corrected chi connectivity index (χ4v) is 2.23. The first-order chi connectivity index (χ1) is 10.9. The Morgan fingerprint density at radius 3 is 2.78 bits per heavy atom. The fourth-order valence-electron chi connectivity index (χ4n) is 2.23. The summed E-state index contributed by atoms with van der Waals surface area (Å²) in [6.07, 6.45) is 0.897. The van der Waals surface area contributed by atoms with Crippen LogP contribution in [0.1, 0.15) is 5.56 Å². The molecule has 9 nitrogen and oxygen atoms in total. The maximum atomic E-state index is 11.3. The van der Waals surface area contributed by atoms with E-state index >= 15 is 0 Å². The van der Waals surface area contributed by atoms with E-state index in [1.807, 2.05) is 0 Å². The normalized spacial score (nSPS) is 10.3. The number of nitro groups is 1. The van der Waals surface area contributed by atoms with Gasteiger partial charge in [-0.15, -0.1) is 0 Å². The van der Waals surface area contributed by atoms with Crippen LogP contribution in [-0.2, 0) is 13.5 Å². The quantitative estimate of drug-likeness (QED) is 0.619. The smallest absolute Gasteiger partial charge is 0.404 e. The molecule has 2 aromatic rings. The summed E-state index contributed by atoms with van der Waals surface area (Å²) in [5, 5.41) is 26.4. The topological polar surface area (TPSA) is 120 Å². The maximum Gasteiger partial charge on any atom is 0.404 e. The van der Waals surface area contributed by atoms with Crippen LogP contribution in [-0.4, -0.2) is 39.6 Å². The molecule has 0 atom stereocenters. The number of benzene rings is 1. The number of hydrogen-bond donors (Lipinski definition) is 2. The van der Waals surface area contributed by atoms with E-state index in [0.29, 0.717) is 23.2 Å². The van der Waals surface area contributed by atoms with Gasteiger partial charge in [0.15, 0.2) is 0 Å². The molecule has 0 spiro atoms. The molecule has 0 unspecified atom stereocenters. The summed E-state index contributed by atoms with van der Waals surface area (Å²) >= 11 is 0. The van der Waals surface area contributed by atoms with Crippen LogP contribution in [0.2, 0.25) is 0 Å². The Morgan fingerprint density at radius 2 is 2.26 bits per heavy atom. The van der Waals surface area contributed by atoms with Crippen LogP contribution in [0.4, 0.5) is 10.5 Å². The average molecular weight is 320 g/mol. The van der Waals surface area contributed by atoms with Crippen LogP contribution < -0.4 is 10.1 Å². The van der Waals surface area contributed by atoms with E-state index < -0.39 is 11.0 Å². The van der Waals surface area contributed by atoms with Crippen molar-refractivity contribution in [3.05, 3.63) is 40.1 Å². The van der Waals surface area contributed by atoms with Gasteiger partial charge in [0.2, 0.25) is 5.75 Å². The molecule has 1 aromatic carbocycles. The second-order valence-electron chi connectivity index (χ2n) is 4.81. The number of carboxylic acid groups (broad SMARTS) is 1. The first-order valence-electron chi connectivity index (χ1n) is 6.74. The fraction of sp³-hybridized carbons (Fsp3) is 0.286. The van der Waals surface area contributed by atoms with E-state index in [1.165, 1.54) is 13.2 Å². The Labute approximate surface area is 131 Å². The average Bonchev–Trinajstić information content (AvgIpc) is 2.92. The molecule has 0 aliphatic rings. The van der Waals surface area contributed by atoms with Crippen molar-refractivity contribution in [2.75, 3.05) is 13.7 Å². The van der Waals surface area contributed by atoms with Crippen LogP contribution in [0.25, 0.3) is 11.3 Å². The Morgan fingerprint density at radius 1 is 1.52 bits per heavy atom. The van der Waals surface area contributed by atoms with E-state index in [-0.39, 0.29) is 18.0 Å². The number of rotatable bonds is 6. The lowest BCUT2D eigenvalue weighted by molar-refractivity contribution is -0.385. The molecule has 1 aromatic heterocycles. The molecule has 122 valence electrons. The minimum atomic E-state index is -1.14. The Balaban J connectivity index is 2.47. The van der Waals surface area contributed by atoms with Crippen LogP contribution in [0, 0.1) is 10.1 Å². The zero-order chi connectivity index (χ0) is 17.0.